The van der Waals surface area contributed by atoms with Gasteiger partial charge in [-0.1, -0.05) is 6.92 Å². The molecule has 2 N–H and O–H groups in total. The average molecular weight is 254 g/mol. The Morgan fingerprint density at radius 3 is 2.76 bits per heavy atom. The lowest BCUT2D eigenvalue weighted by molar-refractivity contribution is 0.0852. The predicted octanol–water partition coefficient (Wildman–Crippen LogP) is 2.80. The highest BCUT2D eigenvalue weighted by atomic mass is 32.1. The van der Waals surface area contributed by atoms with Gasteiger partial charge in [0.25, 0.3) is 0 Å². The van der Waals surface area contributed by atoms with Gasteiger partial charge in [-0.25, -0.2) is 4.98 Å². The SMILES string of the molecule is CCC(CN)c1sc(C2CCOCC2)nc1C. The molecule has 1 unspecified atom stereocenters. The summed E-state index contributed by atoms with van der Waals surface area (Å²) in [4.78, 5) is 6.16. The summed E-state index contributed by atoms with van der Waals surface area (Å²) in [6, 6.07) is 0. The van der Waals surface area contributed by atoms with Gasteiger partial charge < -0.3 is 10.5 Å². The molecule has 3 nitrogen and oxygen atoms in total. The van der Waals surface area contributed by atoms with Crippen molar-refractivity contribution < 1.29 is 4.74 Å². The van der Waals surface area contributed by atoms with E-state index in [0.29, 0.717) is 11.8 Å². The molecule has 0 amide bonds. The lowest BCUT2D eigenvalue weighted by atomic mass is 10.0. The van der Waals surface area contributed by atoms with Crippen LogP contribution in [0, 0.1) is 6.92 Å². The highest BCUT2D eigenvalue weighted by Crippen LogP contribution is 2.35. The van der Waals surface area contributed by atoms with E-state index in [1.165, 1.54) is 15.6 Å². The minimum absolute atomic E-state index is 0.487. The Bertz CT molecular complexity index is 354. The van der Waals surface area contributed by atoms with E-state index in [0.717, 1.165) is 39.0 Å². The van der Waals surface area contributed by atoms with E-state index >= 15 is 0 Å². The predicted molar refractivity (Wildman–Crippen MR) is 71.7 cm³/mol. The summed E-state index contributed by atoms with van der Waals surface area (Å²) in [6.07, 6.45) is 3.34. The molecule has 96 valence electrons. The Balaban J connectivity index is 2.16. The first-order valence-electron chi connectivity index (χ1n) is 6.51. The van der Waals surface area contributed by atoms with Crippen LogP contribution in [0.5, 0.6) is 0 Å². The van der Waals surface area contributed by atoms with Crippen LogP contribution in [-0.2, 0) is 4.74 Å². The van der Waals surface area contributed by atoms with Crippen LogP contribution in [0.1, 0.15) is 53.6 Å². The molecule has 4 heteroatoms. The second-order valence-corrected chi connectivity index (χ2v) is 5.79. The molecule has 17 heavy (non-hydrogen) atoms. The number of nitrogens with zero attached hydrogens (tertiary/aromatic N) is 1. The van der Waals surface area contributed by atoms with Gasteiger partial charge in [0.1, 0.15) is 0 Å². The molecule has 0 spiro atoms. The number of ether oxygens (including phenoxy) is 1. The van der Waals surface area contributed by atoms with Gasteiger partial charge in [0.05, 0.1) is 10.7 Å². The molecule has 0 aliphatic carbocycles. The molecule has 0 bridgehead atoms. The van der Waals surface area contributed by atoms with Crippen molar-refractivity contribution in [2.24, 2.45) is 5.73 Å². The minimum atomic E-state index is 0.487. The maximum Gasteiger partial charge on any atom is 0.0963 e. The quantitative estimate of drug-likeness (QED) is 0.898. The fraction of sp³-hybridized carbons (Fsp3) is 0.769. The summed E-state index contributed by atoms with van der Waals surface area (Å²) >= 11 is 1.88. The summed E-state index contributed by atoms with van der Waals surface area (Å²) in [7, 11) is 0. The first-order chi connectivity index (χ1) is 8.26. The van der Waals surface area contributed by atoms with Crippen molar-refractivity contribution in [3.63, 3.8) is 0 Å². The van der Waals surface area contributed by atoms with E-state index < -0.39 is 0 Å². The second kappa shape index (κ2) is 5.94. The van der Waals surface area contributed by atoms with Crippen LogP contribution < -0.4 is 5.73 Å². The Hall–Kier alpha value is -0.450. The number of aryl methyl sites for hydroxylation is 1. The van der Waals surface area contributed by atoms with E-state index in [4.69, 9.17) is 15.5 Å². The standard InChI is InChI=1S/C13H22N2OS/c1-3-10(8-14)12-9(2)15-13(17-12)11-4-6-16-7-5-11/h10-11H,3-8,14H2,1-2H3. The topological polar surface area (TPSA) is 48.1 Å². The Morgan fingerprint density at radius 1 is 1.47 bits per heavy atom. The first kappa shape index (κ1) is 13.0. The van der Waals surface area contributed by atoms with Crippen LogP contribution in [0.3, 0.4) is 0 Å². The number of nitrogens with two attached hydrogens (primary N) is 1. The molecule has 1 fully saturated rings. The third-order valence-electron chi connectivity index (χ3n) is 3.57. The van der Waals surface area contributed by atoms with Crippen molar-refractivity contribution in [3.8, 4) is 0 Å². The van der Waals surface area contributed by atoms with Crippen molar-refractivity contribution in [2.45, 2.75) is 44.9 Å². The van der Waals surface area contributed by atoms with Crippen LogP contribution >= 0.6 is 11.3 Å². The van der Waals surface area contributed by atoms with E-state index in [2.05, 4.69) is 13.8 Å². The zero-order valence-electron chi connectivity index (χ0n) is 10.7. The normalized spacial score (nSPS) is 19.5. The molecular formula is C13H22N2OS. The molecule has 1 aliphatic rings. The van der Waals surface area contributed by atoms with Crippen molar-refractivity contribution in [3.05, 3.63) is 15.6 Å². The molecule has 1 aliphatic heterocycles. The van der Waals surface area contributed by atoms with Gasteiger partial charge in [0.15, 0.2) is 0 Å². The highest BCUT2D eigenvalue weighted by molar-refractivity contribution is 7.12. The van der Waals surface area contributed by atoms with Crippen LogP contribution in [0.25, 0.3) is 0 Å². The second-order valence-electron chi connectivity index (χ2n) is 4.73. The van der Waals surface area contributed by atoms with Crippen molar-refractivity contribution >= 4 is 11.3 Å². The molecule has 1 aromatic heterocycles. The van der Waals surface area contributed by atoms with E-state index in [9.17, 15) is 0 Å². The summed E-state index contributed by atoms with van der Waals surface area (Å²) < 4.78 is 5.40. The fourth-order valence-electron chi connectivity index (χ4n) is 2.39. The molecule has 0 aromatic carbocycles. The highest BCUT2D eigenvalue weighted by Gasteiger charge is 2.22. The molecular weight excluding hydrogens is 232 g/mol. The van der Waals surface area contributed by atoms with Crippen LogP contribution in [0.4, 0.5) is 0 Å². The number of hydrogen-bond donors (Lipinski definition) is 1. The average Bonchev–Trinajstić information content (AvgIpc) is 2.75. The first-order valence-corrected chi connectivity index (χ1v) is 7.33. The molecule has 0 radical (unpaired) electrons. The summed E-state index contributed by atoms with van der Waals surface area (Å²) in [6.45, 7) is 6.81. The molecule has 1 aromatic rings. The van der Waals surface area contributed by atoms with Gasteiger partial charge in [-0.05, 0) is 26.2 Å². The van der Waals surface area contributed by atoms with Crippen LogP contribution in [0.2, 0.25) is 0 Å². The Labute approximate surface area is 107 Å². The maximum atomic E-state index is 5.83. The van der Waals surface area contributed by atoms with E-state index in [1.807, 2.05) is 11.3 Å². The molecule has 1 saturated heterocycles. The van der Waals surface area contributed by atoms with Crippen LogP contribution in [-0.4, -0.2) is 24.7 Å². The number of hydrogen-bond acceptors (Lipinski definition) is 4. The minimum Gasteiger partial charge on any atom is -0.381 e. The van der Waals surface area contributed by atoms with Gasteiger partial charge in [-0.2, -0.15) is 0 Å². The van der Waals surface area contributed by atoms with Gasteiger partial charge in [0, 0.05) is 36.5 Å². The van der Waals surface area contributed by atoms with Crippen LogP contribution in [0.15, 0.2) is 0 Å². The third kappa shape index (κ3) is 2.87. The summed E-state index contributed by atoms with van der Waals surface area (Å²) in [5.41, 5.74) is 7.02. The van der Waals surface area contributed by atoms with E-state index in [1.54, 1.807) is 0 Å². The number of thiazole rings is 1. The Kier molecular flexibility index (Phi) is 4.54. The van der Waals surface area contributed by atoms with Gasteiger partial charge in [0.2, 0.25) is 0 Å². The van der Waals surface area contributed by atoms with Gasteiger partial charge in [-0.15, -0.1) is 11.3 Å². The van der Waals surface area contributed by atoms with Gasteiger partial charge in [-0.3, -0.25) is 0 Å². The summed E-state index contributed by atoms with van der Waals surface area (Å²) in [5, 5.41) is 1.30. The molecule has 0 saturated carbocycles. The Morgan fingerprint density at radius 2 is 2.18 bits per heavy atom. The van der Waals surface area contributed by atoms with E-state index in [-0.39, 0.29) is 0 Å². The number of aromatic nitrogens is 1. The molecule has 2 rings (SSSR count). The molecule has 2 heterocycles. The van der Waals surface area contributed by atoms with Crippen molar-refractivity contribution in [2.75, 3.05) is 19.8 Å². The zero-order valence-corrected chi connectivity index (χ0v) is 11.6. The number of rotatable bonds is 4. The lowest BCUT2D eigenvalue weighted by Gasteiger charge is -2.19. The van der Waals surface area contributed by atoms with Crippen molar-refractivity contribution in [1.29, 1.82) is 0 Å². The largest absolute Gasteiger partial charge is 0.381 e. The zero-order chi connectivity index (χ0) is 12.3. The monoisotopic (exact) mass is 254 g/mol. The summed E-state index contributed by atoms with van der Waals surface area (Å²) in [5.74, 6) is 1.09. The third-order valence-corrected chi connectivity index (χ3v) is 5.05. The maximum absolute atomic E-state index is 5.83. The molecule has 1 atom stereocenters. The van der Waals surface area contributed by atoms with Crippen molar-refractivity contribution in [1.82, 2.24) is 4.98 Å². The lowest BCUT2D eigenvalue weighted by Crippen LogP contribution is -2.13. The smallest absolute Gasteiger partial charge is 0.0963 e. The van der Waals surface area contributed by atoms with Gasteiger partial charge >= 0.3 is 0 Å². The fourth-order valence-corrected chi connectivity index (χ4v) is 3.82.